The number of benzene rings is 1. The van der Waals surface area contributed by atoms with E-state index >= 15 is 0 Å². The van der Waals surface area contributed by atoms with Gasteiger partial charge in [0.1, 0.15) is 0 Å². The van der Waals surface area contributed by atoms with E-state index in [2.05, 4.69) is 20.8 Å². The van der Waals surface area contributed by atoms with Gasteiger partial charge in [0.05, 0.1) is 0 Å². The van der Waals surface area contributed by atoms with Gasteiger partial charge in [0.2, 0.25) is 0 Å². The smallest absolute Gasteiger partial charge is 0.0495 e. The molecule has 1 aromatic rings. The van der Waals surface area contributed by atoms with Crippen molar-refractivity contribution in [3.63, 3.8) is 0 Å². The largest absolute Gasteiger partial charge is 0.0843 e. The lowest BCUT2D eigenvalue weighted by Crippen LogP contribution is -1.83. The molecule has 0 fully saturated rings. The molecule has 0 spiro atoms. The first kappa shape index (κ1) is 10.6. The number of allylic oxidation sites excluding steroid dienone is 2. The first-order chi connectivity index (χ1) is 6.02. The summed E-state index contributed by atoms with van der Waals surface area (Å²) in [5.74, 6) is 0. The Hall–Kier alpha value is -0.460. The van der Waals surface area contributed by atoms with Crippen LogP contribution in [0.2, 0.25) is 10.0 Å². The topological polar surface area (TPSA) is 0 Å². The van der Waals surface area contributed by atoms with Crippen molar-refractivity contribution in [1.82, 2.24) is 0 Å². The molecule has 0 nitrogen and oxygen atoms in total. The second-order valence-corrected chi connectivity index (χ2v) is 4.09. The van der Waals surface area contributed by atoms with Gasteiger partial charge in [-0.2, -0.15) is 0 Å². The number of hydrogen-bond donors (Lipinski definition) is 0. The van der Waals surface area contributed by atoms with E-state index in [1.807, 2.05) is 12.1 Å². The molecule has 0 heterocycles. The van der Waals surface area contributed by atoms with Crippen molar-refractivity contribution >= 4 is 28.8 Å². The van der Waals surface area contributed by atoms with Crippen molar-refractivity contribution in [2.24, 2.45) is 0 Å². The number of rotatable bonds is 1. The van der Waals surface area contributed by atoms with E-state index in [-0.39, 0.29) is 0 Å². The van der Waals surface area contributed by atoms with Crippen LogP contribution in [0, 0.1) is 0 Å². The Morgan fingerprint density at radius 2 is 1.69 bits per heavy atom. The summed E-state index contributed by atoms with van der Waals surface area (Å²) in [7, 11) is 0. The highest BCUT2D eigenvalue weighted by Crippen LogP contribution is 2.28. The summed E-state index contributed by atoms with van der Waals surface area (Å²) in [6, 6.07) is 5.58. The van der Waals surface area contributed by atoms with Crippen molar-refractivity contribution in [3.05, 3.63) is 39.4 Å². The van der Waals surface area contributed by atoms with Crippen LogP contribution in [-0.2, 0) is 0 Å². The average molecular weight is 215 g/mol. The zero-order chi connectivity index (χ0) is 10.0. The molecule has 0 amide bonds. The van der Waals surface area contributed by atoms with Crippen LogP contribution in [0.4, 0.5) is 0 Å². The van der Waals surface area contributed by atoms with E-state index < -0.39 is 0 Å². The third-order valence-corrected chi connectivity index (χ3v) is 2.63. The second-order valence-electron chi connectivity index (χ2n) is 3.25. The molecule has 13 heavy (non-hydrogen) atoms. The lowest BCUT2D eigenvalue weighted by Gasteiger charge is -2.06. The fourth-order valence-corrected chi connectivity index (χ4v) is 1.61. The van der Waals surface area contributed by atoms with Crippen LogP contribution < -0.4 is 0 Å². The summed E-state index contributed by atoms with van der Waals surface area (Å²) in [5, 5.41) is 1.39. The van der Waals surface area contributed by atoms with Gasteiger partial charge in [0.15, 0.2) is 0 Å². The third kappa shape index (κ3) is 2.49. The lowest BCUT2D eigenvalue weighted by molar-refractivity contribution is 1.36. The third-order valence-electron chi connectivity index (χ3n) is 2.09. The highest BCUT2D eigenvalue weighted by atomic mass is 35.5. The standard InChI is InChI=1S/C11H12Cl2/c1-7(2)8(3)10-5-4-9(12)6-11(10)13/h4-6H,1-3H3. The molecule has 1 aromatic carbocycles. The molecule has 0 aromatic heterocycles. The van der Waals surface area contributed by atoms with Gasteiger partial charge in [0.25, 0.3) is 0 Å². The fourth-order valence-electron chi connectivity index (χ4n) is 1.06. The lowest BCUT2D eigenvalue weighted by atomic mass is 10.0. The summed E-state index contributed by atoms with van der Waals surface area (Å²) in [5.41, 5.74) is 3.54. The second kappa shape index (κ2) is 4.17. The van der Waals surface area contributed by atoms with Gasteiger partial charge in [-0.05, 0) is 44.0 Å². The van der Waals surface area contributed by atoms with Crippen molar-refractivity contribution in [1.29, 1.82) is 0 Å². The summed E-state index contributed by atoms with van der Waals surface area (Å²) in [6.45, 7) is 6.20. The van der Waals surface area contributed by atoms with Crippen LogP contribution in [-0.4, -0.2) is 0 Å². The molecular weight excluding hydrogens is 203 g/mol. The first-order valence-electron chi connectivity index (χ1n) is 4.12. The van der Waals surface area contributed by atoms with Crippen molar-refractivity contribution in [3.8, 4) is 0 Å². The maximum Gasteiger partial charge on any atom is 0.0495 e. The predicted molar refractivity (Wildman–Crippen MR) is 60.4 cm³/mol. The van der Waals surface area contributed by atoms with Gasteiger partial charge in [-0.1, -0.05) is 34.8 Å². The summed E-state index contributed by atoms with van der Waals surface area (Å²) in [6.07, 6.45) is 0. The highest BCUT2D eigenvalue weighted by molar-refractivity contribution is 6.35. The van der Waals surface area contributed by atoms with Gasteiger partial charge < -0.3 is 0 Å². The van der Waals surface area contributed by atoms with Crippen LogP contribution in [0.15, 0.2) is 23.8 Å². The molecule has 0 aliphatic carbocycles. The molecule has 0 unspecified atom stereocenters. The summed E-state index contributed by atoms with van der Waals surface area (Å²) in [4.78, 5) is 0. The molecule has 0 atom stereocenters. The fraction of sp³-hybridized carbons (Fsp3) is 0.273. The van der Waals surface area contributed by atoms with Crippen LogP contribution in [0.3, 0.4) is 0 Å². The minimum absolute atomic E-state index is 0.676. The summed E-state index contributed by atoms with van der Waals surface area (Å²) < 4.78 is 0. The molecule has 0 bridgehead atoms. The number of halogens is 2. The zero-order valence-corrected chi connectivity index (χ0v) is 9.50. The molecular formula is C11H12Cl2. The van der Waals surface area contributed by atoms with E-state index in [1.54, 1.807) is 6.07 Å². The minimum Gasteiger partial charge on any atom is -0.0843 e. The van der Waals surface area contributed by atoms with E-state index in [0.29, 0.717) is 10.0 Å². The van der Waals surface area contributed by atoms with Crippen molar-refractivity contribution in [2.75, 3.05) is 0 Å². The Balaban J connectivity index is 3.25. The zero-order valence-electron chi connectivity index (χ0n) is 7.99. The Bertz CT molecular complexity index is 347. The summed E-state index contributed by atoms with van der Waals surface area (Å²) >= 11 is 11.9. The van der Waals surface area contributed by atoms with Gasteiger partial charge in [-0.25, -0.2) is 0 Å². The molecule has 0 aliphatic rings. The highest BCUT2D eigenvalue weighted by Gasteiger charge is 2.03. The molecule has 0 N–H and O–H groups in total. The molecule has 0 saturated carbocycles. The van der Waals surface area contributed by atoms with Crippen molar-refractivity contribution in [2.45, 2.75) is 20.8 Å². The van der Waals surface area contributed by atoms with Crippen LogP contribution >= 0.6 is 23.2 Å². The maximum absolute atomic E-state index is 6.05. The Morgan fingerprint density at radius 1 is 1.08 bits per heavy atom. The van der Waals surface area contributed by atoms with Gasteiger partial charge >= 0.3 is 0 Å². The van der Waals surface area contributed by atoms with Crippen LogP contribution in [0.5, 0.6) is 0 Å². The Morgan fingerprint density at radius 3 is 2.15 bits per heavy atom. The predicted octanol–water partition coefficient (Wildman–Crippen LogP) is 4.81. The van der Waals surface area contributed by atoms with Crippen molar-refractivity contribution < 1.29 is 0 Å². The van der Waals surface area contributed by atoms with E-state index in [0.717, 1.165) is 5.56 Å². The molecule has 1 rings (SSSR count). The van der Waals surface area contributed by atoms with E-state index in [4.69, 9.17) is 23.2 Å². The average Bonchev–Trinajstić information content (AvgIpc) is 2.03. The van der Waals surface area contributed by atoms with Gasteiger partial charge in [0, 0.05) is 10.0 Å². The van der Waals surface area contributed by atoms with Gasteiger partial charge in [-0.3, -0.25) is 0 Å². The van der Waals surface area contributed by atoms with Crippen LogP contribution in [0.1, 0.15) is 26.3 Å². The molecule has 70 valence electrons. The Labute approximate surface area is 89.2 Å². The monoisotopic (exact) mass is 214 g/mol. The van der Waals surface area contributed by atoms with Crippen LogP contribution in [0.25, 0.3) is 5.57 Å². The first-order valence-corrected chi connectivity index (χ1v) is 4.87. The SMILES string of the molecule is CC(C)=C(C)c1ccc(Cl)cc1Cl. The Kier molecular flexibility index (Phi) is 3.40. The van der Waals surface area contributed by atoms with E-state index in [9.17, 15) is 0 Å². The molecule has 0 aliphatic heterocycles. The maximum atomic E-state index is 6.05. The molecule has 2 heteroatoms. The minimum atomic E-state index is 0.676. The van der Waals surface area contributed by atoms with E-state index in [1.165, 1.54) is 11.1 Å². The normalized spacial score (nSPS) is 9.92. The van der Waals surface area contributed by atoms with Gasteiger partial charge in [-0.15, -0.1) is 0 Å². The quantitative estimate of drug-likeness (QED) is 0.630. The number of hydrogen-bond acceptors (Lipinski definition) is 0. The molecule has 0 saturated heterocycles. The molecule has 0 radical (unpaired) electrons.